The number of aromatic nitrogens is 2. The first-order chi connectivity index (χ1) is 32.7. The Balaban J connectivity index is 0.00000206. The number of carbonyl (C=O) groups excluding carboxylic acids is 1. The Morgan fingerprint density at radius 1 is 1.00 bits per heavy atom. The SMILES string of the molecule is CC.CCCc1cc(OC2CCC(NC(=O)c3ccc(N4CCCC5(CC(Oc6ccc(C7=N[C@@H](CC8NCCO8)C8NNC(C)N8C8SC(C)C(C)C78)cc6)C5)C4)nn3)CC2)ccc1C#N.[HH]. The number of piperidine rings is 1. The van der Waals surface area contributed by atoms with Crippen molar-refractivity contribution in [2.45, 2.75) is 166 Å². The molecule has 7 unspecified atom stereocenters. The quantitative estimate of drug-likeness (QED) is 0.139. The molecule has 0 radical (unpaired) electrons. The van der Waals surface area contributed by atoms with Gasteiger partial charge in [0.15, 0.2) is 11.5 Å². The number of carbonyl (C=O) groups is 1. The average Bonchev–Trinajstić information content (AvgIpc) is 4.05. The van der Waals surface area contributed by atoms with E-state index in [1.54, 1.807) is 0 Å². The van der Waals surface area contributed by atoms with Gasteiger partial charge in [0.05, 0.1) is 54.2 Å². The third-order valence-electron chi connectivity index (χ3n) is 15.4. The van der Waals surface area contributed by atoms with Gasteiger partial charge in [-0.05, 0) is 142 Å². The van der Waals surface area contributed by atoms with Gasteiger partial charge >= 0.3 is 0 Å². The highest BCUT2D eigenvalue weighted by atomic mass is 32.2. The molecule has 67 heavy (non-hydrogen) atoms. The predicted molar refractivity (Wildman–Crippen MR) is 266 cm³/mol. The van der Waals surface area contributed by atoms with Crippen LogP contribution < -0.4 is 35.9 Å². The average molecular weight is 935 g/mol. The maximum atomic E-state index is 13.3. The number of ether oxygens (including phenoxy) is 3. The first kappa shape index (κ1) is 47.8. The number of amides is 1. The topological polar surface area (TPSA) is 161 Å². The summed E-state index contributed by atoms with van der Waals surface area (Å²) in [6, 6.07) is 20.7. The summed E-state index contributed by atoms with van der Waals surface area (Å²) in [4.78, 5) is 23.9. The molecular weight excluding hydrogens is 861 g/mol. The maximum Gasteiger partial charge on any atom is 0.272 e. The highest BCUT2D eigenvalue weighted by Gasteiger charge is 2.53. The van der Waals surface area contributed by atoms with Gasteiger partial charge in [-0.25, -0.2) is 10.9 Å². The van der Waals surface area contributed by atoms with Crippen molar-refractivity contribution < 1.29 is 20.4 Å². The van der Waals surface area contributed by atoms with Crippen LogP contribution in [0.15, 0.2) is 59.6 Å². The number of nitriles is 1. The Kier molecular flexibility index (Phi) is 15.1. The molecule has 4 saturated heterocycles. The summed E-state index contributed by atoms with van der Waals surface area (Å²) < 4.78 is 19.0. The molecule has 10 rings (SSSR count). The van der Waals surface area contributed by atoms with Crippen molar-refractivity contribution >= 4 is 29.2 Å². The molecule has 2 aromatic carbocycles. The summed E-state index contributed by atoms with van der Waals surface area (Å²) in [5.41, 5.74) is 11.8. The first-order valence-corrected chi connectivity index (χ1v) is 26.3. The van der Waals surface area contributed by atoms with Crippen molar-refractivity contribution in [3.63, 3.8) is 0 Å². The highest BCUT2D eigenvalue weighted by Crippen LogP contribution is 2.51. The fraction of sp³-hybridized carbons (Fsp3) is 0.635. The van der Waals surface area contributed by atoms with Crippen LogP contribution in [0.2, 0.25) is 0 Å². The van der Waals surface area contributed by atoms with E-state index >= 15 is 0 Å². The van der Waals surface area contributed by atoms with Crippen LogP contribution in [-0.4, -0.2) is 106 Å². The van der Waals surface area contributed by atoms with Crippen molar-refractivity contribution in [3.05, 3.63) is 77.0 Å². The van der Waals surface area contributed by atoms with Crippen LogP contribution in [0.4, 0.5) is 5.82 Å². The lowest BCUT2D eigenvalue weighted by atomic mass is 9.62. The lowest BCUT2D eigenvalue weighted by Gasteiger charge is -2.52. The number of fused-ring (bicyclic) bond motifs is 3. The number of hydrogen-bond acceptors (Lipinski definition) is 14. The van der Waals surface area contributed by atoms with E-state index in [1.807, 2.05) is 44.2 Å². The van der Waals surface area contributed by atoms with Crippen molar-refractivity contribution in [3.8, 4) is 17.6 Å². The van der Waals surface area contributed by atoms with Gasteiger partial charge < -0.3 is 24.4 Å². The Morgan fingerprint density at radius 2 is 1.78 bits per heavy atom. The molecular formula is C52H74N10O4S. The summed E-state index contributed by atoms with van der Waals surface area (Å²) >= 11 is 2.09. The maximum absolute atomic E-state index is 13.3. The molecule has 8 atom stereocenters. The first-order valence-electron chi connectivity index (χ1n) is 25.4. The second-order valence-electron chi connectivity index (χ2n) is 19.8. The largest absolute Gasteiger partial charge is 0.490 e. The molecule has 1 amide bonds. The van der Waals surface area contributed by atoms with Crippen LogP contribution in [0.5, 0.6) is 11.5 Å². The highest BCUT2D eigenvalue weighted by molar-refractivity contribution is 8.00. The number of anilines is 1. The van der Waals surface area contributed by atoms with E-state index in [-0.39, 0.29) is 55.6 Å². The second-order valence-corrected chi connectivity index (χ2v) is 21.3. The third-order valence-corrected chi connectivity index (χ3v) is 17.0. The summed E-state index contributed by atoms with van der Waals surface area (Å²) in [7, 11) is 0. The minimum atomic E-state index is -0.180. The van der Waals surface area contributed by atoms with Crippen LogP contribution in [-0.2, 0) is 11.2 Å². The summed E-state index contributed by atoms with van der Waals surface area (Å²) in [6.07, 6.45) is 10.9. The van der Waals surface area contributed by atoms with Crippen LogP contribution in [0.1, 0.15) is 134 Å². The Hall–Kier alpha value is -4.30. The fourth-order valence-corrected chi connectivity index (χ4v) is 13.6. The number of nitrogens with one attached hydrogen (secondary N) is 4. The van der Waals surface area contributed by atoms with E-state index in [2.05, 4.69) is 111 Å². The number of nitrogens with zero attached hydrogens (tertiary/aromatic N) is 6. The van der Waals surface area contributed by atoms with Crippen LogP contribution >= 0.6 is 11.8 Å². The monoisotopic (exact) mass is 935 g/mol. The summed E-state index contributed by atoms with van der Waals surface area (Å²) in [5, 5.41) is 26.0. The van der Waals surface area contributed by atoms with Crippen LogP contribution in [0.25, 0.3) is 0 Å². The van der Waals surface area contributed by atoms with Crippen molar-refractivity contribution in [1.29, 1.82) is 5.26 Å². The normalized spacial score (nSPS) is 33.5. The number of rotatable bonds is 12. The van der Waals surface area contributed by atoms with Gasteiger partial charge in [-0.3, -0.25) is 20.0 Å². The summed E-state index contributed by atoms with van der Waals surface area (Å²) in [6.45, 7) is 16.6. The number of hydrazine groups is 1. The zero-order chi connectivity index (χ0) is 46.7. The number of aliphatic imine (C=N–C) groups is 1. The molecule has 3 aromatic rings. The molecule has 6 heterocycles. The molecule has 0 bridgehead atoms. The standard InChI is InChI=1S/C50H66N10O4S.C2H6.H2/c1-5-7-34-24-39(15-10-35(34)28-51)63-38-16-11-36(12-17-38)53-48(61)41-18-19-43(57-56-41)59-22-6-20-50(29-59)26-40(27-50)64-37-13-8-33(9-14-37)46-45-30(2)31(3)65-49(45)60-32(4)55-58-47(60)42(54-46)25-44-52-21-23-62-44;1-2;/h8-10,13-15,18-19,24,30-32,36,38,40,42,44-45,47,49,52,55,58H,5-7,11-12,16-17,20-23,25-27,29H2,1-4H3,(H,53,61);1-2H3;1H/t30?,31?,32?,36?,38?,40?,42-,44?,45?,47?,49?,50?;;/m0../s1. The molecule has 15 heteroatoms. The van der Waals surface area contributed by atoms with Gasteiger partial charge in [-0.15, -0.1) is 22.0 Å². The Bertz CT molecular complexity index is 2230. The molecule has 1 aromatic heterocycles. The third kappa shape index (κ3) is 10.4. The lowest BCUT2D eigenvalue weighted by Crippen LogP contribution is -2.54. The molecule has 1 spiro atoms. The van der Waals surface area contributed by atoms with E-state index in [0.29, 0.717) is 33.7 Å². The van der Waals surface area contributed by atoms with Crippen molar-refractivity contribution in [2.75, 3.05) is 31.1 Å². The summed E-state index contributed by atoms with van der Waals surface area (Å²) in [5.74, 6) is 3.18. The molecule has 14 nitrogen and oxygen atoms in total. The zero-order valence-corrected chi connectivity index (χ0v) is 41.2. The minimum absolute atomic E-state index is 0. The second kappa shape index (κ2) is 21.1. The van der Waals surface area contributed by atoms with Crippen molar-refractivity contribution in [2.24, 2.45) is 22.2 Å². The van der Waals surface area contributed by atoms with E-state index in [9.17, 15) is 10.1 Å². The van der Waals surface area contributed by atoms with E-state index in [4.69, 9.17) is 19.2 Å². The molecule has 2 aliphatic carbocycles. The molecule has 7 aliphatic rings. The zero-order valence-electron chi connectivity index (χ0n) is 40.4. The molecule has 362 valence electrons. The van der Waals surface area contributed by atoms with Crippen LogP contribution in [0.3, 0.4) is 0 Å². The Morgan fingerprint density at radius 3 is 2.49 bits per heavy atom. The van der Waals surface area contributed by atoms with E-state index in [1.165, 1.54) is 17.7 Å². The van der Waals surface area contributed by atoms with Gasteiger partial charge in [0.1, 0.15) is 17.7 Å². The number of benzene rings is 2. The van der Waals surface area contributed by atoms with Gasteiger partial charge in [0.25, 0.3) is 5.91 Å². The van der Waals surface area contributed by atoms with E-state index < -0.39 is 0 Å². The van der Waals surface area contributed by atoms with Gasteiger partial charge in [0.2, 0.25) is 0 Å². The number of aryl methyl sites for hydroxylation is 1. The predicted octanol–water partition coefficient (Wildman–Crippen LogP) is 7.82. The van der Waals surface area contributed by atoms with Crippen LogP contribution in [0, 0.1) is 28.6 Å². The molecule has 6 fully saturated rings. The molecule has 4 N–H and O–H groups in total. The smallest absolute Gasteiger partial charge is 0.272 e. The van der Waals surface area contributed by atoms with Crippen molar-refractivity contribution in [1.82, 2.24) is 36.6 Å². The fourth-order valence-electron chi connectivity index (χ4n) is 11.8. The lowest BCUT2D eigenvalue weighted by molar-refractivity contribution is -0.0239. The number of hydrogen-bond donors (Lipinski definition) is 4. The van der Waals surface area contributed by atoms with Gasteiger partial charge in [-0.1, -0.05) is 41.0 Å². The number of thioether (sulfide) groups is 1. The van der Waals surface area contributed by atoms with Gasteiger partial charge in [0, 0.05) is 50.4 Å². The minimum Gasteiger partial charge on any atom is -0.490 e. The Labute approximate surface area is 403 Å². The van der Waals surface area contributed by atoms with E-state index in [0.717, 1.165) is 113 Å². The molecule has 2 saturated carbocycles. The van der Waals surface area contributed by atoms with Gasteiger partial charge in [-0.2, -0.15) is 5.26 Å². The molecule has 5 aliphatic heterocycles.